The molecule has 2 nitrogen and oxygen atoms in total. The molecule has 0 aliphatic heterocycles. The summed E-state index contributed by atoms with van der Waals surface area (Å²) in [6.07, 6.45) is 0.810. The largest absolute Gasteiger partial charge is 0.389 e. The molecule has 6 heteroatoms. The van der Waals surface area contributed by atoms with Crippen molar-refractivity contribution in [3.05, 3.63) is 62.0 Å². The highest BCUT2D eigenvalue weighted by atomic mass is 79.9. The lowest BCUT2D eigenvalue weighted by Crippen LogP contribution is -2.11. The van der Waals surface area contributed by atoms with Crippen LogP contribution in [0.4, 0.5) is 5.69 Å². The van der Waals surface area contributed by atoms with E-state index >= 15 is 0 Å². The molecular weight excluding hydrogens is 391 g/mol. The maximum atomic E-state index is 6.14. The summed E-state index contributed by atoms with van der Waals surface area (Å²) in [7, 11) is 0. The molecule has 3 N–H and O–H groups in total. The van der Waals surface area contributed by atoms with E-state index in [2.05, 4.69) is 21.2 Å². The standard InChI is InChI=1S/C15H13BrCl2N2S/c16-13-8-11(3-4-12(13)15(19)21)20-6-5-9-1-2-10(17)7-14(9)18/h1-4,7-8,20H,5-6H2,(H2,19,21). The fourth-order valence-electron chi connectivity index (χ4n) is 1.89. The van der Waals surface area contributed by atoms with E-state index in [1.807, 2.05) is 30.3 Å². The minimum absolute atomic E-state index is 0.376. The molecule has 2 aromatic rings. The number of rotatable bonds is 5. The second-order valence-electron chi connectivity index (χ2n) is 4.47. The zero-order valence-electron chi connectivity index (χ0n) is 11.0. The van der Waals surface area contributed by atoms with Crippen molar-refractivity contribution in [1.29, 1.82) is 0 Å². The number of benzene rings is 2. The van der Waals surface area contributed by atoms with E-state index in [0.29, 0.717) is 15.0 Å². The van der Waals surface area contributed by atoms with Gasteiger partial charge in [0.05, 0.1) is 0 Å². The summed E-state index contributed by atoms with van der Waals surface area (Å²) in [6, 6.07) is 11.3. The van der Waals surface area contributed by atoms with Gasteiger partial charge in [0.1, 0.15) is 4.99 Å². The molecule has 2 rings (SSSR count). The van der Waals surface area contributed by atoms with Crippen molar-refractivity contribution < 1.29 is 0 Å². The summed E-state index contributed by atoms with van der Waals surface area (Å²) in [5.74, 6) is 0. The van der Waals surface area contributed by atoms with Crippen LogP contribution in [-0.2, 0) is 6.42 Å². The van der Waals surface area contributed by atoms with Gasteiger partial charge in [-0.25, -0.2) is 0 Å². The maximum Gasteiger partial charge on any atom is 0.105 e. The van der Waals surface area contributed by atoms with Crippen molar-refractivity contribution in [2.75, 3.05) is 11.9 Å². The molecule has 0 unspecified atom stereocenters. The predicted octanol–water partition coefficient (Wildman–Crippen LogP) is 5.04. The lowest BCUT2D eigenvalue weighted by atomic mass is 10.1. The monoisotopic (exact) mass is 402 g/mol. The number of halogens is 3. The molecule has 0 radical (unpaired) electrons. The topological polar surface area (TPSA) is 38.0 Å². The van der Waals surface area contributed by atoms with Crippen LogP contribution in [0.3, 0.4) is 0 Å². The fourth-order valence-corrected chi connectivity index (χ4v) is 3.30. The first-order valence-electron chi connectivity index (χ1n) is 6.24. The summed E-state index contributed by atoms with van der Waals surface area (Å²) in [5, 5.41) is 4.67. The number of hydrogen-bond donors (Lipinski definition) is 2. The summed E-state index contributed by atoms with van der Waals surface area (Å²) < 4.78 is 0.879. The SMILES string of the molecule is NC(=S)c1ccc(NCCc2ccc(Cl)cc2Cl)cc1Br. The van der Waals surface area contributed by atoms with E-state index < -0.39 is 0 Å². The third-order valence-electron chi connectivity index (χ3n) is 2.97. The minimum Gasteiger partial charge on any atom is -0.389 e. The molecule has 0 saturated carbocycles. The van der Waals surface area contributed by atoms with E-state index in [4.69, 9.17) is 41.2 Å². The van der Waals surface area contributed by atoms with Gasteiger partial charge in [-0.2, -0.15) is 0 Å². The first-order valence-corrected chi connectivity index (χ1v) is 8.20. The van der Waals surface area contributed by atoms with E-state index in [1.54, 1.807) is 6.07 Å². The number of nitrogens with one attached hydrogen (secondary N) is 1. The molecule has 0 amide bonds. The summed E-state index contributed by atoms with van der Waals surface area (Å²) >= 11 is 20.5. The van der Waals surface area contributed by atoms with E-state index in [0.717, 1.165) is 34.3 Å². The summed E-state index contributed by atoms with van der Waals surface area (Å²) in [4.78, 5) is 0.376. The van der Waals surface area contributed by atoms with Crippen molar-refractivity contribution in [3.63, 3.8) is 0 Å². The molecule has 0 aromatic heterocycles. The zero-order chi connectivity index (χ0) is 15.4. The Hall–Kier alpha value is -0.810. The van der Waals surface area contributed by atoms with E-state index in [-0.39, 0.29) is 0 Å². The molecular formula is C15H13BrCl2N2S. The molecule has 0 bridgehead atoms. The number of thiocarbonyl (C=S) groups is 1. The van der Waals surface area contributed by atoms with Gasteiger partial charge in [0.2, 0.25) is 0 Å². The third kappa shape index (κ3) is 4.58. The molecule has 2 aromatic carbocycles. The molecule has 0 fully saturated rings. The molecule has 0 atom stereocenters. The van der Waals surface area contributed by atoms with E-state index in [1.165, 1.54) is 0 Å². The summed E-state index contributed by atoms with van der Waals surface area (Å²) in [5.41, 5.74) is 8.51. The third-order valence-corrected chi connectivity index (χ3v) is 4.44. The average molecular weight is 404 g/mol. The Bertz CT molecular complexity index is 677. The van der Waals surface area contributed by atoms with Crippen molar-refractivity contribution in [1.82, 2.24) is 0 Å². The Morgan fingerprint density at radius 1 is 1.19 bits per heavy atom. The Labute approximate surface area is 147 Å². The van der Waals surface area contributed by atoms with Crippen LogP contribution in [0, 0.1) is 0 Å². The molecule has 0 aliphatic carbocycles. The molecule has 110 valence electrons. The second kappa shape index (κ2) is 7.45. The Morgan fingerprint density at radius 3 is 2.57 bits per heavy atom. The average Bonchev–Trinajstić information content (AvgIpc) is 2.41. The van der Waals surface area contributed by atoms with Gasteiger partial charge in [-0.3, -0.25) is 0 Å². The van der Waals surface area contributed by atoms with Gasteiger partial charge in [-0.1, -0.05) is 41.5 Å². The zero-order valence-corrected chi connectivity index (χ0v) is 14.9. The van der Waals surface area contributed by atoms with Gasteiger partial charge in [0, 0.05) is 32.3 Å². The van der Waals surface area contributed by atoms with E-state index in [9.17, 15) is 0 Å². The highest BCUT2D eigenvalue weighted by Crippen LogP contribution is 2.23. The van der Waals surface area contributed by atoms with Crippen LogP contribution in [-0.4, -0.2) is 11.5 Å². The predicted molar refractivity (Wildman–Crippen MR) is 98.7 cm³/mol. The molecule has 21 heavy (non-hydrogen) atoms. The van der Waals surface area contributed by atoms with Crippen LogP contribution < -0.4 is 11.1 Å². The van der Waals surface area contributed by atoms with Gasteiger partial charge in [-0.05, 0) is 58.2 Å². The number of nitrogens with two attached hydrogens (primary N) is 1. The molecule has 0 saturated heterocycles. The highest BCUT2D eigenvalue weighted by Gasteiger charge is 2.05. The van der Waals surface area contributed by atoms with Gasteiger partial charge >= 0.3 is 0 Å². The quantitative estimate of drug-likeness (QED) is 0.686. The second-order valence-corrected chi connectivity index (χ2v) is 6.61. The Morgan fingerprint density at radius 2 is 1.95 bits per heavy atom. The number of anilines is 1. The maximum absolute atomic E-state index is 6.14. The van der Waals surface area contributed by atoms with Crippen LogP contribution in [0.25, 0.3) is 0 Å². The van der Waals surface area contributed by atoms with Crippen molar-refractivity contribution in [3.8, 4) is 0 Å². The Kier molecular flexibility index (Phi) is 5.88. The fraction of sp³-hybridized carbons (Fsp3) is 0.133. The Balaban J connectivity index is 1.97. The van der Waals surface area contributed by atoms with Gasteiger partial charge < -0.3 is 11.1 Å². The van der Waals surface area contributed by atoms with Crippen LogP contribution >= 0.6 is 51.3 Å². The molecule has 0 spiro atoms. The van der Waals surface area contributed by atoms with Crippen molar-refractivity contribution in [2.24, 2.45) is 5.73 Å². The van der Waals surface area contributed by atoms with Crippen molar-refractivity contribution >= 4 is 62.0 Å². The number of hydrogen-bond acceptors (Lipinski definition) is 2. The summed E-state index contributed by atoms with van der Waals surface area (Å²) in [6.45, 7) is 0.764. The first kappa shape index (κ1) is 16.6. The van der Waals surface area contributed by atoms with Crippen LogP contribution in [0.2, 0.25) is 10.0 Å². The first-order chi connectivity index (χ1) is 9.97. The van der Waals surface area contributed by atoms with Gasteiger partial charge in [0.25, 0.3) is 0 Å². The van der Waals surface area contributed by atoms with Crippen LogP contribution in [0.15, 0.2) is 40.9 Å². The molecule has 0 heterocycles. The van der Waals surface area contributed by atoms with Crippen LogP contribution in [0.1, 0.15) is 11.1 Å². The van der Waals surface area contributed by atoms with Crippen LogP contribution in [0.5, 0.6) is 0 Å². The lowest BCUT2D eigenvalue weighted by molar-refractivity contribution is 1.02. The van der Waals surface area contributed by atoms with Gasteiger partial charge in [-0.15, -0.1) is 0 Å². The molecule has 0 aliphatic rings. The highest BCUT2D eigenvalue weighted by molar-refractivity contribution is 9.10. The van der Waals surface area contributed by atoms with Crippen molar-refractivity contribution in [2.45, 2.75) is 6.42 Å². The minimum atomic E-state index is 0.376. The lowest BCUT2D eigenvalue weighted by Gasteiger charge is -2.10. The normalized spacial score (nSPS) is 10.4. The van der Waals surface area contributed by atoms with Gasteiger partial charge in [0.15, 0.2) is 0 Å². The smallest absolute Gasteiger partial charge is 0.105 e.